The van der Waals surface area contributed by atoms with Gasteiger partial charge in [-0.25, -0.2) is 0 Å². The first kappa shape index (κ1) is 21.1. The Kier molecular flexibility index (Phi) is 6.99. The van der Waals surface area contributed by atoms with Gasteiger partial charge in [-0.3, -0.25) is 4.90 Å². The van der Waals surface area contributed by atoms with Crippen LogP contribution in [0.3, 0.4) is 0 Å². The van der Waals surface area contributed by atoms with Crippen LogP contribution in [0.4, 0.5) is 11.4 Å². The van der Waals surface area contributed by atoms with Gasteiger partial charge in [0.05, 0.1) is 18.5 Å². The largest absolute Gasteiger partial charge is 0.610 e. The Morgan fingerprint density at radius 2 is 1.79 bits per heavy atom. The van der Waals surface area contributed by atoms with E-state index >= 15 is 0 Å². The number of piperazine rings is 1. The van der Waals surface area contributed by atoms with Crippen molar-refractivity contribution in [1.29, 1.82) is 0 Å². The molecule has 2 aliphatic rings. The summed E-state index contributed by atoms with van der Waals surface area (Å²) in [7, 11) is 3.74. The van der Waals surface area contributed by atoms with Crippen molar-refractivity contribution in [2.75, 3.05) is 62.6 Å². The first-order chi connectivity index (χ1) is 13.2. The zero-order chi connectivity index (χ0) is 18.8. The third-order valence-electron chi connectivity index (χ3n) is 5.51. The molecule has 152 valence electrons. The van der Waals surface area contributed by atoms with Gasteiger partial charge in [-0.2, -0.15) is 0 Å². The third-order valence-corrected chi connectivity index (χ3v) is 6.95. The molecule has 0 aromatic heterocycles. The maximum absolute atomic E-state index is 12.2. The summed E-state index contributed by atoms with van der Waals surface area (Å²) in [5.74, 6) is 1.56. The molecule has 5 nitrogen and oxygen atoms in total. The normalized spacial score (nSPS) is 19.3. The number of ether oxygens (including phenoxy) is 1. The second kappa shape index (κ2) is 9.27. The third kappa shape index (κ3) is 4.35. The van der Waals surface area contributed by atoms with Crippen LogP contribution in [-0.4, -0.2) is 62.2 Å². The number of benzene rings is 2. The van der Waals surface area contributed by atoms with Crippen molar-refractivity contribution in [3.8, 4) is 5.75 Å². The number of fused-ring (bicyclic) bond motifs is 1. The van der Waals surface area contributed by atoms with Gasteiger partial charge in [0.2, 0.25) is 0 Å². The lowest BCUT2D eigenvalue weighted by molar-refractivity contribution is 0.260. The van der Waals surface area contributed by atoms with E-state index in [1.165, 1.54) is 11.3 Å². The van der Waals surface area contributed by atoms with Gasteiger partial charge in [0, 0.05) is 50.9 Å². The predicted molar refractivity (Wildman–Crippen MR) is 119 cm³/mol. The summed E-state index contributed by atoms with van der Waals surface area (Å²) in [6.45, 7) is 5.18. The van der Waals surface area contributed by atoms with Gasteiger partial charge in [0.15, 0.2) is 10.8 Å². The molecule has 1 saturated heterocycles. The van der Waals surface area contributed by atoms with Crippen LogP contribution in [0.2, 0.25) is 0 Å². The van der Waals surface area contributed by atoms with Gasteiger partial charge in [-0.15, -0.1) is 12.4 Å². The molecule has 0 bridgehead atoms. The van der Waals surface area contributed by atoms with E-state index < -0.39 is 11.2 Å². The van der Waals surface area contributed by atoms with Gasteiger partial charge in [-0.1, -0.05) is 18.2 Å². The summed E-state index contributed by atoms with van der Waals surface area (Å²) < 4.78 is 17.7. The van der Waals surface area contributed by atoms with E-state index in [1.54, 1.807) is 7.11 Å². The lowest BCUT2D eigenvalue weighted by atomic mass is 10.1. The fraction of sp³-hybridized carbons (Fsp3) is 0.429. The minimum atomic E-state index is -0.882. The summed E-state index contributed by atoms with van der Waals surface area (Å²) in [5.41, 5.74) is 3.58. The highest BCUT2D eigenvalue weighted by atomic mass is 35.5. The predicted octanol–water partition coefficient (Wildman–Crippen LogP) is 3.00. The lowest BCUT2D eigenvalue weighted by Gasteiger charge is -2.36. The number of nitrogens with zero attached hydrogens (tertiary/aromatic N) is 3. The Labute approximate surface area is 176 Å². The Bertz CT molecular complexity index is 799. The number of hydrogen-bond donors (Lipinski definition) is 0. The molecule has 0 N–H and O–H groups in total. The van der Waals surface area contributed by atoms with Crippen molar-refractivity contribution in [2.45, 2.75) is 11.3 Å². The molecule has 0 saturated carbocycles. The molecule has 7 heteroatoms. The van der Waals surface area contributed by atoms with Crippen LogP contribution in [0.15, 0.2) is 47.4 Å². The van der Waals surface area contributed by atoms with E-state index in [9.17, 15) is 4.55 Å². The first-order valence-corrected chi connectivity index (χ1v) is 10.8. The molecule has 2 aromatic rings. The average Bonchev–Trinajstić information content (AvgIpc) is 3.00. The van der Waals surface area contributed by atoms with Crippen LogP contribution in [-0.2, 0) is 17.6 Å². The van der Waals surface area contributed by atoms with E-state index in [0.717, 1.165) is 55.5 Å². The molecule has 0 radical (unpaired) electrons. The smallest absolute Gasteiger partial charge is 0.183 e. The minimum Gasteiger partial charge on any atom is -0.610 e. The highest BCUT2D eigenvalue weighted by Crippen LogP contribution is 2.33. The Morgan fingerprint density at radius 1 is 1.04 bits per heavy atom. The van der Waals surface area contributed by atoms with E-state index in [1.807, 2.05) is 19.2 Å². The van der Waals surface area contributed by atoms with Gasteiger partial charge >= 0.3 is 0 Å². The zero-order valence-electron chi connectivity index (χ0n) is 16.5. The summed E-state index contributed by atoms with van der Waals surface area (Å²) >= 11 is -0.882. The number of rotatable bonds is 5. The van der Waals surface area contributed by atoms with Gasteiger partial charge in [0.25, 0.3) is 0 Å². The van der Waals surface area contributed by atoms with Crippen LogP contribution < -0.4 is 14.5 Å². The van der Waals surface area contributed by atoms with E-state index in [2.05, 4.69) is 45.0 Å². The molecule has 2 aliphatic heterocycles. The Balaban J connectivity index is 0.00000225. The quantitative estimate of drug-likeness (QED) is 0.694. The lowest BCUT2D eigenvalue weighted by Crippen LogP contribution is -2.47. The summed E-state index contributed by atoms with van der Waals surface area (Å²) in [4.78, 5) is 7.99. The van der Waals surface area contributed by atoms with E-state index in [0.29, 0.717) is 5.88 Å². The molecule has 28 heavy (non-hydrogen) atoms. The number of halogens is 1. The van der Waals surface area contributed by atoms with Gasteiger partial charge in [-0.05, 0) is 36.2 Å². The summed E-state index contributed by atoms with van der Waals surface area (Å²) in [6, 6.07) is 14.7. The fourth-order valence-electron chi connectivity index (χ4n) is 3.92. The molecule has 0 spiro atoms. The SMILES string of the molecule is COc1ccccc1N1CCN(CCc2ccc3c(c2)[S+]([O-])CN3C)CC1.Cl. The van der Waals surface area contributed by atoms with Crippen LogP contribution in [0.25, 0.3) is 0 Å². The van der Waals surface area contributed by atoms with Gasteiger partial charge < -0.3 is 19.1 Å². The monoisotopic (exact) mass is 421 g/mol. The molecule has 0 amide bonds. The standard InChI is InChI=1S/C21H27N3O2S.ClH/c1-22-16-27(25)21-15-17(7-8-19(21)22)9-10-23-11-13-24(14-12-23)18-5-3-4-6-20(18)26-2;/h3-8,15H,9-14,16H2,1-2H3;1H. The van der Waals surface area contributed by atoms with E-state index in [-0.39, 0.29) is 12.4 Å². The molecule has 0 aliphatic carbocycles. The number of hydrogen-bond acceptors (Lipinski definition) is 5. The molecule has 4 rings (SSSR count). The molecule has 2 heterocycles. The second-order valence-electron chi connectivity index (χ2n) is 7.23. The maximum atomic E-state index is 12.2. The number of para-hydroxylation sites is 2. The van der Waals surface area contributed by atoms with E-state index in [4.69, 9.17) is 4.74 Å². The second-order valence-corrected chi connectivity index (χ2v) is 8.61. The number of anilines is 2. The van der Waals surface area contributed by atoms with Crippen molar-refractivity contribution in [2.24, 2.45) is 0 Å². The topological polar surface area (TPSA) is 42.0 Å². The van der Waals surface area contributed by atoms with Crippen LogP contribution in [0.1, 0.15) is 5.56 Å². The Hall–Kier alpha value is -1.60. The van der Waals surface area contributed by atoms with Crippen LogP contribution in [0, 0.1) is 0 Å². The fourth-order valence-corrected chi connectivity index (χ4v) is 5.29. The summed E-state index contributed by atoms with van der Waals surface area (Å²) in [6.07, 6.45) is 1.00. The molecular weight excluding hydrogens is 394 g/mol. The van der Waals surface area contributed by atoms with Crippen molar-refractivity contribution in [3.63, 3.8) is 0 Å². The minimum absolute atomic E-state index is 0. The zero-order valence-corrected chi connectivity index (χ0v) is 18.1. The van der Waals surface area contributed by atoms with Crippen molar-refractivity contribution in [3.05, 3.63) is 48.0 Å². The van der Waals surface area contributed by atoms with Crippen molar-refractivity contribution < 1.29 is 9.29 Å². The van der Waals surface area contributed by atoms with Gasteiger partial charge in [0.1, 0.15) is 5.75 Å². The average molecular weight is 422 g/mol. The molecular formula is C21H28ClN3O2S. The highest BCUT2D eigenvalue weighted by molar-refractivity contribution is 7.92. The number of methoxy groups -OCH3 is 1. The van der Waals surface area contributed by atoms with Crippen LogP contribution in [0.5, 0.6) is 5.75 Å². The Morgan fingerprint density at radius 3 is 2.54 bits per heavy atom. The first-order valence-electron chi connectivity index (χ1n) is 9.48. The molecule has 1 atom stereocenters. The van der Waals surface area contributed by atoms with Crippen molar-refractivity contribution in [1.82, 2.24) is 4.90 Å². The molecule has 1 fully saturated rings. The molecule has 2 aromatic carbocycles. The highest BCUT2D eigenvalue weighted by Gasteiger charge is 2.29. The molecule has 1 unspecified atom stereocenters. The maximum Gasteiger partial charge on any atom is 0.183 e. The van der Waals surface area contributed by atoms with Crippen molar-refractivity contribution >= 4 is 35.0 Å². The summed E-state index contributed by atoms with van der Waals surface area (Å²) in [5, 5.41) is 0. The van der Waals surface area contributed by atoms with Crippen LogP contribution >= 0.6 is 12.4 Å².